The fourth-order valence-corrected chi connectivity index (χ4v) is 1.76. The molecule has 1 rings (SSSR count). The van der Waals surface area contributed by atoms with Gasteiger partial charge in [0.2, 0.25) is 0 Å². The summed E-state index contributed by atoms with van der Waals surface area (Å²) in [6.07, 6.45) is 3.67. The fraction of sp³-hybridized carbons (Fsp3) is 0.727. The zero-order valence-electron chi connectivity index (χ0n) is 8.47. The molecule has 0 radical (unpaired) electrons. The molecule has 13 heavy (non-hydrogen) atoms. The van der Waals surface area contributed by atoms with Crippen molar-refractivity contribution >= 4 is 5.97 Å². The highest BCUT2D eigenvalue weighted by molar-refractivity contribution is 5.75. The molecule has 1 saturated carbocycles. The molecule has 1 aliphatic carbocycles. The second-order valence-electron chi connectivity index (χ2n) is 4.28. The maximum atomic E-state index is 11.1. The highest BCUT2D eigenvalue weighted by Crippen LogP contribution is 2.49. The van der Waals surface area contributed by atoms with Crippen molar-refractivity contribution < 1.29 is 9.90 Å². The van der Waals surface area contributed by atoms with Crippen LogP contribution in [-0.4, -0.2) is 11.1 Å². The summed E-state index contributed by atoms with van der Waals surface area (Å²) in [5.41, 5.74) is 0.504. The van der Waals surface area contributed by atoms with Crippen molar-refractivity contribution in [3.63, 3.8) is 0 Å². The molecule has 0 heterocycles. The molecule has 0 aromatic carbocycles. The SMILES string of the molecule is C=C(CC)CC(C)(C(=O)O)C1CC1. The first-order chi connectivity index (χ1) is 6.00. The van der Waals surface area contributed by atoms with E-state index < -0.39 is 11.4 Å². The summed E-state index contributed by atoms with van der Waals surface area (Å²) in [5, 5.41) is 9.15. The smallest absolute Gasteiger partial charge is 0.309 e. The number of carbonyl (C=O) groups is 1. The normalized spacial score (nSPS) is 20.8. The highest BCUT2D eigenvalue weighted by Gasteiger charge is 2.47. The van der Waals surface area contributed by atoms with Crippen molar-refractivity contribution in [2.75, 3.05) is 0 Å². The number of carboxylic acid groups (broad SMARTS) is 1. The topological polar surface area (TPSA) is 37.3 Å². The Morgan fingerprint density at radius 1 is 1.62 bits per heavy atom. The second kappa shape index (κ2) is 3.52. The maximum Gasteiger partial charge on any atom is 0.309 e. The fourth-order valence-electron chi connectivity index (χ4n) is 1.76. The van der Waals surface area contributed by atoms with Gasteiger partial charge in [-0.3, -0.25) is 4.79 Å². The summed E-state index contributed by atoms with van der Waals surface area (Å²) in [4.78, 5) is 11.1. The first-order valence-corrected chi connectivity index (χ1v) is 4.90. The molecule has 1 N–H and O–H groups in total. The Morgan fingerprint density at radius 2 is 2.15 bits per heavy atom. The van der Waals surface area contributed by atoms with E-state index in [1.807, 2.05) is 13.8 Å². The molecule has 2 nitrogen and oxygen atoms in total. The van der Waals surface area contributed by atoms with E-state index in [9.17, 15) is 4.79 Å². The number of allylic oxidation sites excluding steroid dienone is 1. The van der Waals surface area contributed by atoms with E-state index in [2.05, 4.69) is 6.58 Å². The maximum absolute atomic E-state index is 11.1. The predicted molar refractivity (Wildman–Crippen MR) is 52.5 cm³/mol. The Bertz CT molecular complexity index is 228. The van der Waals surface area contributed by atoms with Crippen LogP contribution in [-0.2, 0) is 4.79 Å². The first-order valence-electron chi connectivity index (χ1n) is 4.90. The van der Waals surface area contributed by atoms with E-state index in [4.69, 9.17) is 5.11 Å². The molecule has 0 aromatic rings. The lowest BCUT2D eigenvalue weighted by atomic mass is 9.79. The van der Waals surface area contributed by atoms with E-state index in [1.54, 1.807) is 0 Å². The molecular formula is C11H18O2. The van der Waals surface area contributed by atoms with Crippen molar-refractivity contribution in [2.24, 2.45) is 11.3 Å². The van der Waals surface area contributed by atoms with Gasteiger partial charge >= 0.3 is 5.97 Å². The Morgan fingerprint density at radius 3 is 2.46 bits per heavy atom. The van der Waals surface area contributed by atoms with Gasteiger partial charge in [-0.15, -0.1) is 0 Å². The number of rotatable bonds is 5. The molecular weight excluding hydrogens is 164 g/mol. The summed E-state index contributed by atoms with van der Waals surface area (Å²) in [5.74, 6) is -0.280. The van der Waals surface area contributed by atoms with E-state index >= 15 is 0 Å². The molecule has 0 aliphatic heterocycles. The van der Waals surface area contributed by atoms with Gasteiger partial charge in [0.15, 0.2) is 0 Å². The van der Waals surface area contributed by atoms with Gasteiger partial charge in [0, 0.05) is 0 Å². The van der Waals surface area contributed by atoms with Gasteiger partial charge in [0.1, 0.15) is 0 Å². The minimum atomic E-state index is -0.662. The first kappa shape index (κ1) is 10.3. The Balaban J connectivity index is 2.67. The molecule has 1 fully saturated rings. The van der Waals surface area contributed by atoms with Crippen LogP contribution in [0.1, 0.15) is 39.5 Å². The second-order valence-corrected chi connectivity index (χ2v) is 4.28. The summed E-state index contributed by atoms with van der Waals surface area (Å²) in [6, 6.07) is 0. The Hall–Kier alpha value is -0.790. The molecule has 0 amide bonds. The van der Waals surface area contributed by atoms with Crippen molar-refractivity contribution in [1.29, 1.82) is 0 Å². The Kier molecular flexibility index (Phi) is 2.79. The minimum absolute atomic E-state index is 0.383. The largest absolute Gasteiger partial charge is 0.481 e. The number of hydrogen-bond donors (Lipinski definition) is 1. The van der Waals surface area contributed by atoms with Crippen LogP contribution >= 0.6 is 0 Å². The zero-order valence-corrected chi connectivity index (χ0v) is 8.47. The summed E-state index contributed by atoms with van der Waals surface area (Å²) in [7, 11) is 0. The summed E-state index contributed by atoms with van der Waals surface area (Å²) < 4.78 is 0. The third-order valence-corrected chi connectivity index (χ3v) is 3.08. The molecule has 0 bridgehead atoms. The molecule has 0 spiro atoms. The van der Waals surface area contributed by atoms with Gasteiger partial charge in [0.25, 0.3) is 0 Å². The van der Waals surface area contributed by atoms with Crippen LogP contribution in [0.4, 0.5) is 0 Å². The van der Waals surface area contributed by atoms with Crippen LogP contribution in [0.2, 0.25) is 0 Å². The lowest BCUT2D eigenvalue weighted by molar-refractivity contribution is -0.149. The third kappa shape index (κ3) is 2.11. The van der Waals surface area contributed by atoms with Gasteiger partial charge in [0.05, 0.1) is 5.41 Å². The summed E-state index contributed by atoms with van der Waals surface area (Å²) >= 11 is 0. The van der Waals surface area contributed by atoms with Gasteiger partial charge in [-0.2, -0.15) is 0 Å². The predicted octanol–water partition coefficient (Wildman–Crippen LogP) is 2.84. The third-order valence-electron chi connectivity index (χ3n) is 3.08. The molecule has 2 heteroatoms. The van der Waals surface area contributed by atoms with E-state index in [0.717, 1.165) is 24.8 Å². The molecule has 1 aliphatic rings. The van der Waals surface area contributed by atoms with Crippen molar-refractivity contribution in [3.05, 3.63) is 12.2 Å². The number of hydrogen-bond acceptors (Lipinski definition) is 1. The van der Waals surface area contributed by atoms with Gasteiger partial charge in [-0.25, -0.2) is 0 Å². The van der Waals surface area contributed by atoms with Crippen molar-refractivity contribution in [1.82, 2.24) is 0 Å². The van der Waals surface area contributed by atoms with Gasteiger partial charge in [-0.05, 0) is 38.5 Å². The van der Waals surface area contributed by atoms with E-state index in [0.29, 0.717) is 12.3 Å². The standard InChI is InChI=1S/C11H18O2/c1-4-8(2)7-11(3,10(12)13)9-5-6-9/h9H,2,4-7H2,1,3H3,(H,12,13). The van der Waals surface area contributed by atoms with Crippen LogP contribution in [0.25, 0.3) is 0 Å². The highest BCUT2D eigenvalue weighted by atomic mass is 16.4. The van der Waals surface area contributed by atoms with Crippen LogP contribution in [0.3, 0.4) is 0 Å². The molecule has 0 aromatic heterocycles. The molecule has 74 valence electrons. The van der Waals surface area contributed by atoms with E-state index in [1.165, 1.54) is 0 Å². The number of carboxylic acids is 1. The van der Waals surface area contributed by atoms with E-state index in [-0.39, 0.29) is 0 Å². The van der Waals surface area contributed by atoms with Crippen molar-refractivity contribution in [2.45, 2.75) is 39.5 Å². The molecule has 1 unspecified atom stereocenters. The molecule has 1 atom stereocenters. The quantitative estimate of drug-likeness (QED) is 0.664. The summed E-state index contributed by atoms with van der Waals surface area (Å²) in [6.45, 7) is 7.77. The van der Waals surface area contributed by atoms with Crippen LogP contribution in [0.5, 0.6) is 0 Å². The van der Waals surface area contributed by atoms with Crippen LogP contribution in [0, 0.1) is 11.3 Å². The average molecular weight is 182 g/mol. The molecule has 0 saturated heterocycles. The lowest BCUT2D eigenvalue weighted by Gasteiger charge is -2.25. The lowest BCUT2D eigenvalue weighted by Crippen LogP contribution is -2.30. The van der Waals surface area contributed by atoms with Crippen LogP contribution < -0.4 is 0 Å². The minimum Gasteiger partial charge on any atom is -0.481 e. The van der Waals surface area contributed by atoms with Crippen molar-refractivity contribution in [3.8, 4) is 0 Å². The zero-order chi connectivity index (χ0) is 10.1. The average Bonchev–Trinajstić information content (AvgIpc) is 2.85. The monoisotopic (exact) mass is 182 g/mol. The van der Waals surface area contributed by atoms with Gasteiger partial charge in [-0.1, -0.05) is 19.1 Å². The van der Waals surface area contributed by atoms with Crippen LogP contribution in [0.15, 0.2) is 12.2 Å². The Labute approximate surface area is 79.6 Å². The number of aliphatic carboxylic acids is 1. The van der Waals surface area contributed by atoms with Gasteiger partial charge < -0.3 is 5.11 Å².